The fourth-order valence-electron chi connectivity index (χ4n) is 1.92. The maximum Gasteiger partial charge on any atom is 0.304 e. The van der Waals surface area contributed by atoms with Crippen molar-refractivity contribution < 1.29 is 19.6 Å². The van der Waals surface area contributed by atoms with Crippen molar-refractivity contribution in [2.75, 3.05) is 31.2 Å². The molecular formula is C11H14N2O5S. The highest BCUT2D eigenvalue weighted by atomic mass is 32.1. The first-order chi connectivity index (χ1) is 9.02. The lowest BCUT2D eigenvalue weighted by atomic mass is 10.3. The topological polar surface area (TPSA) is 92.9 Å². The van der Waals surface area contributed by atoms with E-state index in [0.29, 0.717) is 29.6 Å². The van der Waals surface area contributed by atoms with Crippen LogP contribution in [0.15, 0.2) is 6.07 Å². The number of thiophene rings is 1. The summed E-state index contributed by atoms with van der Waals surface area (Å²) in [6.07, 6.45) is -0.351. The van der Waals surface area contributed by atoms with E-state index in [2.05, 4.69) is 0 Å². The number of carbonyl (C=O) groups is 1. The highest BCUT2D eigenvalue weighted by molar-refractivity contribution is 7.18. The van der Waals surface area contributed by atoms with Crippen molar-refractivity contribution in [3.05, 3.63) is 21.1 Å². The molecule has 2 rings (SSSR count). The number of ether oxygens (including phenoxy) is 1. The Labute approximate surface area is 113 Å². The molecule has 104 valence electrons. The monoisotopic (exact) mass is 286 g/mol. The quantitative estimate of drug-likeness (QED) is 0.505. The van der Waals surface area contributed by atoms with Crippen LogP contribution in [0.3, 0.4) is 0 Å². The van der Waals surface area contributed by atoms with Gasteiger partial charge >= 0.3 is 5.69 Å². The molecule has 8 heteroatoms. The van der Waals surface area contributed by atoms with Crippen LogP contribution in [0.2, 0.25) is 0 Å². The number of aliphatic hydroxyl groups excluding tert-OH is 1. The Morgan fingerprint density at radius 2 is 2.47 bits per heavy atom. The van der Waals surface area contributed by atoms with E-state index in [1.54, 1.807) is 4.90 Å². The van der Waals surface area contributed by atoms with E-state index in [9.17, 15) is 14.9 Å². The maximum absolute atomic E-state index is 11.3. The normalized spacial score (nSPS) is 19.5. The predicted octanol–water partition coefficient (Wildman–Crippen LogP) is 1.06. The number of rotatable bonds is 4. The Morgan fingerprint density at radius 3 is 3.05 bits per heavy atom. The third kappa shape index (κ3) is 2.91. The second kappa shape index (κ2) is 5.64. The van der Waals surface area contributed by atoms with Crippen molar-refractivity contribution in [2.45, 2.75) is 13.0 Å². The molecule has 0 radical (unpaired) electrons. The standard InChI is InChI=1S/C11H14N2O5S/c1-7(15)10-4-9(13(16)17)11(19-10)12-2-3-18-8(5-12)6-14/h4,8,14H,2-3,5-6H2,1H3. The summed E-state index contributed by atoms with van der Waals surface area (Å²) in [5, 5.41) is 20.6. The number of carbonyl (C=O) groups excluding carboxylic acids is 1. The lowest BCUT2D eigenvalue weighted by Crippen LogP contribution is -2.43. The number of nitro groups is 1. The highest BCUT2D eigenvalue weighted by Crippen LogP contribution is 2.38. The molecule has 1 aliphatic rings. The summed E-state index contributed by atoms with van der Waals surface area (Å²) in [5.74, 6) is -0.189. The van der Waals surface area contributed by atoms with Crippen LogP contribution in [-0.2, 0) is 4.74 Å². The lowest BCUT2D eigenvalue weighted by molar-refractivity contribution is -0.383. The fourth-order valence-corrected chi connectivity index (χ4v) is 2.97. The van der Waals surface area contributed by atoms with Crippen LogP contribution in [0, 0.1) is 10.1 Å². The average Bonchev–Trinajstić information content (AvgIpc) is 2.84. The summed E-state index contributed by atoms with van der Waals surface area (Å²) < 4.78 is 5.31. The Balaban J connectivity index is 2.32. The molecule has 0 aliphatic carbocycles. The first-order valence-corrected chi connectivity index (χ1v) is 6.61. The fraction of sp³-hybridized carbons (Fsp3) is 0.545. The zero-order valence-corrected chi connectivity index (χ0v) is 11.2. The van der Waals surface area contributed by atoms with Crippen molar-refractivity contribution in [3.63, 3.8) is 0 Å². The van der Waals surface area contributed by atoms with Gasteiger partial charge in [-0.25, -0.2) is 0 Å². The van der Waals surface area contributed by atoms with Gasteiger partial charge in [-0.2, -0.15) is 0 Å². The Kier molecular flexibility index (Phi) is 4.13. The molecule has 1 aromatic rings. The molecule has 1 aliphatic heterocycles. The minimum Gasteiger partial charge on any atom is -0.394 e. The van der Waals surface area contributed by atoms with Crippen molar-refractivity contribution >= 4 is 27.8 Å². The number of nitrogens with zero attached hydrogens (tertiary/aromatic N) is 2. The van der Waals surface area contributed by atoms with Gasteiger partial charge in [-0.15, -0.1) is 11.3 Å². The summed E-state index contributed by atoms with van der Waals surface area (Å²) >= 11 is 1.11. The molecule has 0 amide bonds. The first-order valence-electron chi connectivity index (χ1n) is 5.79. The van der Waals surface area contributed by atoms with Gasteiger partial charge in [0.2, 0.25) is 0 Å². The SMILES string of the molecule is CC(=O)c1cc([N+](=O)[O-])c(N2CCOC(CO)C2)s1. The van der Waals surface area contributed by atoms with E-state index in [4.69, 9.17) is 9.84 Å². The zero-order valence-electron chi connectivity index (χ0n) is 10.4. The van der Waals surface area contributed by atoms with Crippen LogP contribution in [0.25, 0.3) is 0 Å². The Hall–Kier alpha value is -1.51. The number of Topliss-reactive ketones (excluding diaryl/α,β-unsaturated/α-hetero) is 1. The molecule has 0 bridgehead atoms. The Bertz CT molecular complexity index is 501. The Morgan fingerprint density at radius 1 is 1.74 bits per heavy atom. The maximum atomic E-state index is 11.3. The summed E-state index contributed by atoms with van der Waals surface area (Å²) in [6.45, 7) is 2.55. The van der Waals surface area contributed by atoms with Gasteiger partial charge in [-0.05, 0) is 6.92 Å². The number of ketones is 1. The van der Waals surface area contributed by atoms with Crippen LogP contribution in [-0.4, -0.2) is 48.2 Å². The summed E-state index contributed by atoms with van der Waals surface area (Å²) in [6, 6.07) is 1.31. The smallest absolute Gasteiger partial charge is 0.304 e. The van der Waals surface area contributed by atoms with Gasteiger partial charge < -0.3 is 14.7 Å². The third-order valence-corrected chi connectivity index (χ3v) is 4.15. The molecule has 0 saturated carbocycles. The van der Waals surface area contributed by atoms with Crippen molar-refractivity contribution in [1.29, 1.82) is 0 Å². The number of anilines is 1. The summed E-state index contributed by atoms with van der Waals surface area (Å²) in [7, 11) is 0. The second-order valence-electron chi connectivity index (χ2n) is 4.24. The van der Waals surface area contributed by atoms with Gasteiger partial charge in [0.15, 0.2) is 10.8 Å². The number of morpholine rings is 1. The van der Waals surface area contributed by atoms with Gasteiger partial charge in [0.25, 0.3) is 0 Å². The summed E-state index contributed by atoms with van der Waals surface area (Å²) in [4.78, 5) is 24.1. The van der Waals surface area contributed by atoms with E-state index in [1.165, 1.54) is 13.0 Å². The second-order valence-corrected chi connectivity index (χ2v) is 5.27. The molecule has 2 heterocycles. The van der Waals surface area contributed by atoms with Gasteiger partial charge in [-0.3, -0.25) is 14.9 Å². The van der Waals surface area contributed by atoms with Crippen LogP contribution >= 0.6 is 11.3 Å². The number of hydrogen-bond donors (Lipinski definition) is 1. The molecule has 0 aromatic carbocycles. The molecule has 1 fully saturated rings. The molecule has 1 atom stereocenters. The number of aliphatic hydroxyl groups is 1. The molecule has 1 aromatic heterocycles. The largest absolute Gasteiger partial charge is 0.394 e. The highest BCUT2D eigenvalue weighted by Gasteiger charge is 2.29. The van der Waals surface area contributed by atoms with Crippen molar-refractivity contribution in [1.82, 2.24) is 0 Å². The van der Waals surface area contributed by atoms with Crippen LogP contribution < -0.4 is 4.90 Å². The van der Waals surface area contributed by atoms with Crippen LogP contribution in [0.4, 0.5) is 10.7 Å². The van der Waals surface area contributed by atoms with Gasteiger partial charge in [-0.1, -0.05) is 0 Å². The third-order valence-electron chi connectivity index (χ3n) is 2.87. The molecule has 0 spiro atoms. The van der Waals surface area contributed by atoms with Crippen LogP contribution in [0.1, 0.15) is 16.6 Å². The summed E-state index contributed by atoms with van der Waals surface area (Å²) in [5.41, 5.74) is -0.0613. The van der Waals surface area contributed by atoms with E-state index < -0.39 is 4.92 Å². The van der Waals surface area contributed by atoms with E-state index >= 15 is 0 Å². The van der Waals surface area contributed by atoms with Gasteiger partial charge in [0.1, 0.15) is 0 Å². The first kappa shape index (κ1) is 13.9. The molecule has 19 heavy (non-hydrogen) atoms. The molecular weight excluding hydrogens is 272 g/mol. The van der Waals surface area contributed by atoms with Crippen molar-refractivity contribution in [3.8, 4) is 0 Å². The minimum atomic E-state index is -0.484. The molecule has 1 N–H and O–H groups in total. The molecule has 1 saturated heterocycles. The predicted molar refractivity (Wildman–Crippen MR) is 70.0 cm³/mol. The van der Waals surface area contributed by atoms with Gasteiger partial charge in [0.05, 0.1) is 29.1 Å². The van der Waals surface area contributed by atoms with E-state index in [-0.39, 0.29) is 24.2 Å². The molecule has 7 nitrogen and oxygen atoms in total. The number of hydrogen-bond acceptors (Lipinski definition) is 7. The lowest BCUT2D eigenvalue weighted by Gasteiger charge is -2.32. The van der Waals surface area contributed by atoms with Crippen molar-refractivity contribution in [2.24, 2.45) is 0 Å². The van der Waals surface area contributed by atoms with Crippen LogP contribution in [0.5, 0.6) is 0 Å². The molecule has 1 unspecified atom stereocenters. The minimum absolute atomic E-state index is 0.0613. The average molecular weight is 286 g/mol. The zero-order chi connectivity index (χ0) is 14.0. The van der Waals surface area contributed by atoms with E-state index in [0.717, 1.165) is 11.3 Å². The van der Waals surface area contributed by atoms with E-state index in [1.807, 2.05) is 0 Å². The van der Waals surface area contributed by atoms with Gasteiger partial charge in [0, 0.05) is 19.2 Å².